The summed E-state index contributed by atoms with van der Waals surface area (Å²) in [6.07, 6.45) is 0.903. The molecule has 1 aromatic rings. The average molecular weight is 218 g/mol. The fourth-order valence-electron chi connectivity index (χ4n) is 2.10. The predicted octanol–water partition coefficient (Wildman–Crippen LogP) is 1.38. The van der Waals surface area contributed by atoms with Gasteiger partial charge in [-0.25, -0.2) is 0 Å². The van der Waals surface area contributed by atoms with E-state index in [9.17, 15) is 4.79 Å². The zero-order valence-corrected chi connectivity index (χ0v) is 9.60. The van der Waals surface area contributed by atoms with Crippen molar-refractivity contribution in [2.45, 2.75) is 25.9 Å². The molecule has 0 aliphatic carbocycles. The molecule has 1 aliphatic rings. The molecule has 1 amide bonds. The van der Waals surface area contributed by atoms with Crippen LogP contribution in [0.1, 0.15) is 18.9 Å². The van der Waals surface area contributed by atoms with E-state index < -0.39 is 0 Å². The van der Waals surface area contributed by atoms with E-state index in [1.807, 2.05) is 42.2 Å². The zero-order chi connectivity index (χ0) is 11.5. The first-order valence-corrected chi connectivity index (χ1v) is 5.77. The molecule has 1 fully saturated rings. The summed E-state index contributed by atoms with van der Waals surface area (Å²) in [5.74, 6) is 0.139. The molecular formula is C13H18N2O. The second kappa shape index (κ2) is 4.66. The van der Waals surface area contributed by atoms with Gasteiger partial charge in [-0.15, -0.1) is 0 Å². The number of carbonyl (C=O) groups is 1. The van der Waals surface area contributed by atoms with E-state index in [-0.39, 0.29) is 17.9 Å². The number of benzene rings is 1. The van der Waals surface area contributed by atoms with E-state index >= 15 is 0 Å². The summed E-state index contributed by atoms with van der Waals surface area (Å²) in [6, 6.07) is 10.1. The Kier molecular flexibility index (Phi) is 3.25. The van der Waals surface area contributed by atoms with Crippen LogP contribution in [0.4, 0.5) is 0 Å². The van der Waals surface area contributed by atoms with Gasteiger partial charge in [-0.1, -0.05) is 37.3 Å². The minimum atomic E-state index is -0.0440. The summed E-state index contributed by atoms with van der Waals surface area (Å²) in [4.78, 5) is 13.9. The maximum atomic E-state index is 12.0. The summed E-state index contributed by atoms with van der Waals surface area (Å²) in [6.45, 7) is 3.40. The van der Waals surface area contributed by atoms with Crippen molar-refractivity contribution in [2.75, 3.05) is 6.54 Å². The number of piperidine rings is 1. The van der Waals surface area contributed by atoms with Gasteiger partial charge in [0.15, 0.2) is 0 Å². The van der Waals surface area contributed by atoms with Crippen LogP contribution >= 0.6 is 0 Å². The van der Waals surface area contributed by atoms with Crippen LogP contribution in [0.5, 0.6) is 0 Å². The Morgan fingerprint density at radius 3 is 2.75 bits per heavy atom. The fraction of sp³-hybridized carbons (Fsp3) is 0.462. The fourth-order valence-corrected chi connectivity index (χ4v) is 2.10. The van der Waals surface area contributed by atoms with Crippen LogP contribution in [0.3, 0.4) is 0 Å². The SMILES string of the molecule is CC1C(=O)N(Cc2ccccc2)CCC1N. The maximum Gasteiger partial charge on any atom is 0.227 e. The Hall–Kier alpha value is -1.35. The Bertz CT molecular complexity index is 363. The van der Waals surface area contributed by atoms with Crippen LogP contribution in [0.15, 0.2) is 30.3 Å². The van der Waals surface area contributed by atoms with Crippen molar-refractivity contribution in [1.29, 1.82) is 0 Å². The predicted molar refractivity (Wildman–Crippen MR) is 63.6 cm³/mol. The van der Waals surface area contributed by atoms with E-state index in [0.29, 0.717) is 6.54 Å². The first kappa shape index (κ1) is 11.1. The molecule has 0 aromatic heterocycles. The van der Waals surface area contributed by atoms with Crippen LogP contribution in [0.25, 0.3) is 0 Å². The van der Waals surface area contributed by atoms with Gasteiger partial charge in [0.25, 0.3) is 0 Å². The summed E-state index contributed by atoms with van der Waals surface area (Å²) in [5, 5.41) is 0. The molecular weight excluding hydrogens is 200 g/mol. The Morgan fingerprint density at radius 2 is 2.06 bits per heavy atom. The maximum absolute atomic E-state index is 12.0. The van der Waals surface area contributed by atoms with Gasteiger partial charge < -0.3 is 10.6 Å². The van der Waals surface area contributed by atoms with Gasteiger partial charge >= 0.3 is 0 Å². The van der Waals surface area contributed by atoms with Gasteiger partial charge in [0.1, 0.15) is 0 Å². The summed E-state index contributed by atoms with van der Waals surface area (Å²) in [7, 11) is 0. The Morgan fingerprint density at radius 1 is 1.38 bits per heavy atom. The van der Waals surface area contributed by atoms with E-state index in [2.05, 4.69) is 0 Å². The van der Waals surface area contributed by atoms with Gasteiger partial charge in [-0.2, -0.15) is 0 Å². The summed E-state index contributed by atoms with van der Waals surface area (Å²) >= 11 is 0. The lowest BCUT2D eigenvalue weighted by Gasteiger charge is -2.34. The van der Waals surface area contributed by atoms with Crippen LogP contribution in [0.2, 0.25) is 0 Å². The van der Waals surface area contributed by atoms with Crippen LogP contribution in [0, 0.1) is 5.92 Å². The first-order chi connectivity index (χ1) is 7.68. The molecule has 2 N–H and O–H groups in total. The second-order valence-corrected chi connectivity index (χ2v) is 4.49. The van der Waals surface area contributed by atoms with Crippen molar-refractivity contribution in [2.24, 2.45) is 11.7 Å². The molecule has 2 rings (SSSR count). The smallest absolute Gasteiger partial charge is 0.227 e. The Labute approximate surface area is 96.2 Å². The zero-order valence-electron chi connectivity index (χ0n) is 9.60. The van der Waals surface area contributed by atoms with E-state index in [1.54, 1.807) is 0 Å². The molecule has 2 atom stereocenters. The molecule has 1 aliphatic heterocycles. The monoisotopic (exact) mass is 218 g/mol. The minimum Gasteiger partial charge on any atom is -0.338 e. The molecule has 2 unspecified atom stereocenters. The third-order valence-electron chi connectivity index (χ3n) is 3.29. The van der Waals surface area contributed by atoms with Crippen LogP contribution in [-0.4, -0.2) is 23.4 Å². The molecule has 86 valence electrons. The average Bonchev–Trinajstić information content (AvgIpc) is 2.31. The van der Waals surface area contributed by atoms with Crippen molar-refractivity contribution in [3.63, 3.8) is 0 Å². The normalized spacial score (nSPS) is 25.9. The number of rotatable bonds is 2. The van der Waals surface area contributed by atoms with Gasteiger partial charge in [-0.3, -0.25) is 4.79 Å². The molecule has 1 saturated heterocycles. The highest BCUT2D eigenvalue weighted by Crippen LogP contribution is 2.18. The Balaban J connectivity index is 2.03. The van der Waals surface area contributed by atoms with Crippen molar-refractivity contribution >= 4 is 5.91 Å². The molecule has 0 spiro atoms. The lowest BCUT2D eigenvalue weighted by Crippen LogP contribution is -2.49. The number of amides is 1. The highest BCUT2D eigenvalue weighted by atomic mass is 16.2. The van der Waals surface area contributed by atoms with Crippen LogP contribution < -0.4 is 5.73 Å². The largest absolute Gasteiger partial charge is 0.338 e. The van der Waals surface area contributed by atoms with Crippen molar-refractivity contribution in [3.05, 3.63) is 35.9 Å². The molecule has 0 bridgehead atoms. The van der Waals surface area contributed by atoms with Crippen molar-refractivity contribution < 1.29 is 4.79 Å². The van der Waals surface area contributed by atoms with E-state index in [0.717, 1.165) is 13.0 Å². The standard InChI is InChI=1S/C13H18N2O/c1-10-12(14)7-8-15(13(10)16)9-11-5-3-2-4-6-11/h2-6,10,12H,7-9,14H2,1H3. The molecule has 3 nitrogen and oxygen atoms in total. The third-order valence-corrected chi connectivity index (χ3v) is 3.29. The van der Waals surface area contributed by atoms with Gasteiger partial charge in [0.2, 0.25) is 5.91 Å². The van der Waals surface area contributed by atoms with Crippen molar-refractivity contribution in [3.8, 4) is 0 Å². The molecule has 0 saturated carbocycles. The van der Waals surface area contributed by atoms with Crippen molar-refractivity contribution in [1.82, 2.24) is 4.90 Å². The highest BCUT2D eigenvalue weighted by Gasteiger charge is 2.30. The number of carbonyl (C=O) groups excluding carboxylic acids is 1. The lowest BCUT2D eigenvalue weighted by molar-refractivity contribution is -0.139. The highest BCUT2D eigenvalue weighted by molar-refractivity contribution is 5.80. The number of nitrogens with two attached hydrogens (primary N) is 1. The van der Waals surface area contributed by atoms with E-state index in [1.165, 1.54) is 5.56 Å². The van der Waals surface area contributed by atoms with Gasteiger partial charge in [-0.05, 0) is 12.0 Å². The molecule has 1 aromatic carbocycles. The van der Waals surface area contributed by atoms with E-state index in [4.69, 9.17) is 5.73 Å². The molecule has 3 heteroatoms. The lowest BCUT2D eigenvalue weighted by atomic mass is 9.93. The number of nitrogens with zero attached hydrogens (tertiary/aromatic N) is 1. The second-order valence-electron chi connectivity index (χ2n) is 4.49. The number of likely N-dealkylation sites (tertiary alicyclic amines) is 1. The number of hydrogen-bond acceptors (Lipinski definition) is 2. The molecule has 0 radical (unpaired) electrons. The summed E-state index contributed by atoms with van der Waals surface area (Å²) in [5.41, 5.74) is 7.06. The molecule has 1 heterocycles. The topological polar surface area (TPSA) is 46.3 Å². The number of hydrogen-bond donors (Lipinski definition) is 1. The first-order valence-electron chi connectivity index (χ1n) is 5.77. The minimum absolute atomic E-state index is 0.0273. The van der Waals surface area contributed by atoms with Gasteiger partial charge in [0, 0.05) is 19.1 Å². The third kappa shape index (κ3) is 2.25. The summed E-state index contributed by atoms with van der Waals surface area (Å²) < 4.78 is 0. The van der Waals surface area contributed by atoms with Crippen LogP contribution in [-0.2, 0) is 11.3 Å². The quantitative estimate of drug-likeness (QED) is 0.815. The van der Waals surface area contributed by atoms with Gasteiger partial charge in [0.05, 0.1) is 5.92 Å². The molecule has 16 heavy (non-hydrogen) atoms.